The van der Waals surface area contributed by atoms with Crippen LogP contribution in [0, 0.1) is 34.8 Å². The first kappa shape index (κ1) is 16.4. The van der Waals surface area contributed by atoms with Crippen molar-refractivity contribution in [2.24, 2.45) is 28.9 Å². The largest absolute Gasteiger partial charge is 0.330 e. The predicted molar refractivity (Wildman–Crippen MR) is 82.9 cm³/mol. The zero-order valence-electron chi connectivity index (χ0n) is 13.3. The van der Waals surface area contributed by atoms with Crippen LogP contribution in [0.5, 0.6) is 0 Å². The summed E-state index contributed by atoms with van der Waals surface area (Å²) in [6.07, 6.45) is 3.94. The van der Waals surface area contributed by atoms with Crippen LogP contribution >= 0.6 is 0 Å². The Bertz CT molecular complexity index is 479. The highest BCUT2D eigenvalue weighted by Gasteiger charge is 2.35. The zero-order valence-corrected chi connectivity index (χ0v) is 13.3. The molecular weight excluding hydrogens is 268 g/mol. The van der Waals surface area contributed by atoms with Crippen molar-refractivity contribution in [1.82, 2.24) is 0 Å². The summed E-state index contributed by atoms with van der Waals surface area (Å²) in [6.45, 7) is 7.43. The number of rotatable bonds is 3. The molecule has 21 heavy (non-hydrogen) atoms. The molecule has 0 saturated heterocycles. The van der Waals surface area contributed by atoms with Gasteiger partial charge in [-0.05, 0) is 79.2 Å². The van der Waals surface area contributed by atoms with E-state index in [-0.39, 0.29) is 17.0 Å². The minimum absolute atomic E-state index is 0.262. The first-order chi connectivity index (χ1) is 9.81. The number of halogens is 2. The normalized spacial score (nSPS) is 26.9. The van der Waals surface area contributed by atoms with E-state index in [0.29, 0.717) is 36.3 Å². The third-order valence-electron chi connectivity index (χ3n) is 5.16. The minimum atomic E-state index is -0.362. The summed E-state index contributed by atoms with van der Waals surface area (Å²) in [5.74, 6) is 0.737. The van der Waals surface area contributed by atoms with Gasteiger partial charge >= 0.3 is 0 Å². The fraction of sp³-hybridized carbons (Fsp3) is 0.667. The summed E-state index contributed by atoms with van der Waals surface area (Å²) >= 11 is 0. The molecule has 2 N–H and O–H groups in total. The fourth-order valence-corrected chi connectivity index (χ4v) is 3.66. The van der Waals surface area contributed by atoms with Crippen LogP contribution in [0.2, 0.25) is 0 Å². The van der Waals surface area contributed by atoms with Gasteiger partial charge in [-0.15, -0.1) is 0 Å². The second-order valence-corrected chi connectivity index (χ2v) is 7.57. The molecule has 0 heterocycles. The lowest BCUT2D eigenvalue weighted by molar-refractivity contribution is 0.101. The molecule has 0 aromatic heterocycles. The van der Waals surface area contributed by atoms with Crippen LogP contribution in [0.4, 0.5) is 8.78 Å². The molecule has 1 saturated carbocycles. The van der Waals surface area contributed by atoms with E-state index in [2.05, 4.69) is 20.8 Å². The Kier molecular flexibility index (Phi) is 5.03. The quantitative estimate of drug-likeness (QED) is 0.870. The van der Waals surface area contributed by atoms with Gasteiger partial charge in [-0.2, -0.15) is 0 Å². The molecule has 1 aliphatic rings. The van der Waals surface area contributed by atoms with Crippen molar-refractivity contribution in [2.45, 2.75) is 46.5 Å². The maximum atomic E-state index is 13.9. The molecule has 1 aromatic rings. The lowest BCUT2D eigenvalue weighted by atomic mass is 9.64. The molecule has 3 unspecified atom stereocenters. The Hall–Kier alpha value is -0.960. The van der Waals surface area contributed by atoms with E-state index in [1.54, 1.807) is 0 Å². The SMILES string of the molecule is CC(C)(C)C1CCC(CN)C(Cc2cc(F)ccc2F)C1. The van der Waals surface area contributed by atoms with Crippen molar-refractivity contribution in [3.8, 4) is 0 Å². The highest BCUT2D eigenvalue weighted by molar-refractivity contribution is 5.19. The standard InChI is InChI=1S/C18H27F2N/c1-18(2,3)15-5-4-12(11-21)13(9-15)8-14-10-16(19)6-7-17(14)20/h6-7,10,12-13,15H,4-5,8-9,11,21H2,1-3H3. The summed E-state index contributed by atoms with van der Waals surface area (Å²) in [6, 6.07) is 3.74. The summed E-state index contributed by atoms with van der Waals surface area (Å²) in [5, 5.41) is 0. The molecule has 0 amide bonds. The number of hydrogen-bond donors (Lipinski definition) is 1. The van der Waals surface area contributed by atoms with E-state index in [4.69, 9.17) is 5.73 Å². The van der Waals surface area contributed by atoms with E-state index in [9.17, 15) is 8.78 Å². The molecule has 3 heteroatoms. The van der Waals surface area contributed by atoms with Crippen molar-refractivity contribution < 1.29 is 8.78 Å². The number of hydrogen-bond acceptors (Lipinski definition) is 1. The summed E-state index contributed by atoms with van der Waals surface area (Å²) in [4.78, 5) is 0. The Balaban J connectivity index is 2.16. The van der Waals surface area contributed by atoms with Crippen molar-refractivity contribution in [3.05, 3.63) is 35.4 Å². The molecule has 0 bridgehead atoms. The van der Waals surface area contributed by atoms with Gasteiger partial charge in [0.25, 0.3) is 0 Å². The minimum Gasteiger partial charge on any atom is -0.330 e. The van der Waals surface area contributed by atoms with E-state index < -0.39 is 0 Å². The lowest BCUT2D eigenvalue weighted by Gasteiger charge is -2.41. The van der Waals surface area contributed by atoms with Crippen molar-refractivity contribution in [1.29, 1.82) is 0 Å². The molecule has 2 rings (SSSR count). The molecule has 0 radical (unpaired) electrons. The van der Waals surface area contributed by atoms with Crippen LogP contribution in [-0.4, -0.2) is 6.54 Å². The van der Waals surface area contributed by atoms with Crippen LogP contribution in [0.15, 0.2) is 18.2 Å². The average Bonchev–Trinajstić information content (AvgIpc) is 2.42. The molecule has 0 aliphatic heterocycles. The molecule has 1 nitrogen and oxygen atoms in total. The van der Waals surface area contributed by atoms with Crippen molar-refractivity contribution in [2.75, 3.05) is 6.54 Å². The Morgan fingerprint density at radius 2 is 1.86 bits per heavy atom. The van der Waals surface area contributed by atoms with Gasteiger partial charge in [0.15, 0.2) is 0 Å². The Labute approximate surface area is 126 Å². The fourth-order valence-electron chi connectivity index (χ4n) is 3.66. The monoisotopic (exact) mass is 295 g/mol. The second-order valence-electron chi connectivity index (χ2n) is 7.57. The van der Waals surface area contributed by atoms with E-state index >= 15 is 0 Å². The van der Waals surface area contributed by atoms with Gasteiger partial charge in [0.1, 0.15) is 11.6 Å². The lowest BCUT2D eigenvalue weighted by Crippen LogP contribution is -2.36. The third-order valence-corrected chi connectivity index (χ3v) is 5.16. The van der Waals surface area contributed by atoms with Crippen molar-refractivity contribution in [3.63, 3.8) is 0 Å². The second kappa shape index (κ2) is 6.43. The van der Waals surface area contributed by atoms with Gasteiger partial charge in [-0.3, -0.25) is 0 Å². The molecular formula is C18H27F2N. The van der Waals surface area contributed by atoms with E-state index in [1.807, 2.05) is 0 Å². The van der Waals surface area contributed by atoms with Crippen LogP contribution < -0.4 is 5.73 Å². The third kappa shape index (κ3) is 4.03. The van der Waals surface area contributed by atoms with Gasteiger partial charge in [-0.1, -0.05) is 20.8 Å². The van der Waals surface area contributed by atoms with Gasteiger partial charge in [-0.25, -0.2) is 8.78 Å². The van der Waals surface area contributed by atoms with Gasteiger partial charge < -0.3 is 5.73 Å². The highest BCUT2D eigenvalue weighted by atomic mass is 19.1. The molecule has 1 aliphatic carbocycles. The molecule has 1 aromatic carbocycles. The smallest absolute Gasteiger partial charge is 0.126 e. The average molecular weight is 295 g/mol. The summed E-state index contributed by atoms with van der Waals surface area (Å²) < 4.78 is 27.2. The molecule has 1 fully saturated rings. The Morgan fingerprint density at radius 1 is 1.14 bits per heavy atom. The van der Waals surface area contributed by atoms with Crippen LogP contribution in [-0.2, 0) is 6.42 Å². The number of benzene rings is 1. The highest BCUT2D eigenvalue weighted by Crippen LogP contribution is 2.43. The van der Waals surface area contributed by atoms with Crippen molar-refractivity contribution >= 4 is 0 Å². The Morgan fingerprint density at radius 3 is 2.48 bits per heavy atom. The van der Waals surface area contributed by atoms with Gasteiger partial charge in [0.05, 0.1) is 0 Å². The molecule has 118 valence electrons. The van der Waals surface area contributed by atoms with E-state index in [1.165, 1.54) is 24.6 Å². The summed E-state index contributed by atoms with van der Waals surface area (Å²) in [5.41, 5.74) is 6.66. The first-order valence-corrected chi connectivity index (χ1v) is 7.95. The van der Waals surface area contributed by atoms with Crippen LogP contribution in [0.1, 0.15) is 45.6 Å². The predicted octanol–water partition coefficient (Wildman–Crippen LogP) is 4.54. The van der Waals surface area contributed by atoms with Gasteiger partial charge in [0, 0.05) is 0 Å². The first-order valence-electron chi connectivity index (χ1n) is 7.95. The van der Waals surface area contributed by atoms with Crippen LogP contribution in [0.3, 0.4) is 0 Å². The molecule has 0 spiro atoms. The molecule has 3 atom stereocenters. The maximum absolute atomic E-state index is 13.9. The zero-order chi connectivity index (χ0) is 15.6. The van der Waals surface area contributed by atoms with Crippen LogP contribution in [0.25, 0.3) is 0 Å². The topological polar surface area (TPSA) is 26.0 Å². The number of nitrogens with two attached hydrogens (primary N) is 1. The summed E-state index contributed by atoms with van der Waals surface area (Å²) in [7, 11) is 0. The maximum Gasteiger partial charge on any atom is 0.126 e. The van der Waals surface area contributed by atoms with Gasteiger partial charge in [0.2, 0.25) is 0 Å². The van der Waals surface area contributed by atoms with E-state index in [0.717, 1.165) is 12.8 Å².